The van der Waals surface area contributed by atoms with Gasteiger partial charge in [-0.15, -0.1) is 0 Å². The number of carbonyl (C=O) groups is 1. The van der Waals surface area contributed by atoms with E-state index in [0.717, 1.165) is 18.7 Å². The molecule has 4 aromatic carbocycles. The highest BCUT2D eigenvalue weighted by atomic mass is 32.2. The lowest BCUT2D eigenvalue weighted by atomic mass is 10.1. The van der Waals surface area contributed by atoms with Crippen LogP contribution >= 0.6 is 0 Å². The molecule has 0 saturated carbocycles. The van der Waals surface area contributed by atoms with Gasteiger partial charge in [-0.1, -0.05) is 109 Å². The zero-order valence-electron chi connectivity index (χ0n) is 24.5. The molecule has 1 fully saturated rings. The Labute approximate surface area is 255 Å². The number of sulfonamides is 1. The summed E-state index contributed by atoms with van der Waals surface area (Å²) in [4.78, 5) is 17.2. The average Bonchev–Trinajstić information content (AvgIpc) is 3.05. The first kappa shape index (κ1) is 30.5. The number of amides is 1. The highest BCUT2D eigenvalue weighted by Gasteiger charge is 2.29. The molecule has 43 heavy (non-hydrogen) atoms. The van der Waals surface area contributed by atoms with Crippen LogP contribution in [0.3, 0.4) is 0 Å². The van der Waals surface area contributed by atoms with E-state index in [9.17, 15) is 13.2 Å². The van der Waals surface area contributed by atoms with Crippen LogP contribution in [0.4, 0.5) is 4.79 Å². The molecule has 1 heterocycles. The van der Waals surface area contributed by atoms with Gasteiger partial charge in [0.15, 0.2) is 0 Å². The fraction of sp³-hybridized carbons (Fsp3) is 0.286. The Kier molecular flexibility index (Phi) is 10.3. The maximum Gasteiger partial charge on any atom is 0.409 e. The number of benzene rings is 4. The molecule has 0 aliphatic carbocycles. The summed E-state index contributed by atoms with van der Waals surface area (Å²) < 4.78 is 35.4. The number of hydrogen-bond acceptors (Lipinski definition) is 5. The van der Waals surface area contributed by atoms with Gasteiger partial charge in [-0.3, -0.25) is 4.90 Å². The van der Waals surface area contributed by atoms with Gasteiger partial charge in [0, 0.05) is 43.8 Å². The third-order valence-electron chi connectivity index (χ3n) is 7.86. The molecular weight excluding hydrogens is 558 g/mol. The van der Waals surface area contributed by atoms with Crippen LogP contribution in [0.1, 0.15) is 30.9 Å². The van der Waals surface area contributed by atoms with Crippen molar-refractivity contribution in [3.63, 3.8) is 0 Å². The molecule has 1 atom stereocenters. The van der Waals surface area contributed by atoms with Crippen LogP contribution in [0.5, 0.6) is 0 Å². The van der Waals surface area contributed by atoms with E-state index < -0.39 is 10.0 Å². The number of likely N-dealkylation sites (tertiary alicyclic amines) is 1. The second-order valence-corrected chi connectivity index (χ2v) is 12.7. The van der Waals surface area contributed by atoms with E-state index >= 15 is 0 Å². The fourth-order valence-corrected chi connectivity index (χ4v) is 6.95. The van der Waals surface area contributed by atoms with Crippen molar-refractivity contribution in [2.75, 3.05) is 19.7 Å². The number of piperidine rings is 1. The lowest BCUT2D eigenvalue weighted by Crippen LogP contribution is -2.47. The van der Waals surface area contributed by atoms with E-state index in [-0.39, 0.29) is 29.7 Å². The predicted octanol–water partition coefficient (Wildman–Crippen LogP) is 6.32. The summed E-state index contributed by atoms with van der Waals surface area (Å²) in [6, 6.07) is 36.9. The summed E-state index contributed by atoms with van der Waals surface area (Å²) in [6.45, 7) is 4.69. The van der Waals surface area contributed by atoms with Gasteiger partial charge in [-0.05, 0) is 42.5 Å². The largest absolute Gasteiger partial charge is 0.448 e. The van der Waals surface area contributed by atoms with Crippen molar-refractivity contribution >= 4 is 16.1 Å². The smallest absolute Gasteiger partial charge is 0.409 e. The Morgan fingerprint density at radius 1 is 0.814 bits per heavy atom. The maximum atomic E-state index is 13.4. The third kappa shape index (κ3) is 8.32. The minimum atomic E-state index is -3.75. The lowest BCUT2D eigenvalue weighted by molar-refractivity contribution is 0.0586. The van der Waals surface area contributed by atoms with Gasteiger partial charge in [-0.2, -0.15) is 0 Å². The van der Waals surface area contributed by atoms with Crippen LogP contribution in [0.25, 0.3) is 11.1 Å². The molecule has 1 aliphatic heterocycles. The van der Waals surface area contributed by atoms with Gasteiger partial charge >= 0.3 is 6.09 Å². The fourth-order valence-electron chi connectivity index (χ4n) is 5.41. The molecule has 0 radical (unpaired) electrons. The van der Waals surface area contributed by atoms with Crippen LogP contribution in [0, 0.1) is 0 Å². The molecule has 0 spiro atoms. The van der Waals surface area contributed by atoms with Crippen molar-refractivity contribution in [3.05, 3.63) is 126 Å². The zero-order valence-corrected chi connectivity index (χ0v) is 25.3. The second-order valence-electron chi connectivity index (χ2n) is 11.0. The Hall–Kier alpha value is -3.98. The van der Waals surface area contributed by atoms with Crippen LogP contribution in [-0.4, -0.2) is 56.1 Å². The van der Waals surface area contributed by atoms with E-state index in [0.29, 0.717) is 31.5 Å². The monoisotopic (exact) mass is 597 g/mol. The highest BCUT2D eigenvalue weighted by molar-refractivity contribution is 7.89. The van der Waals surface area contributed by atoms with E-state index in [1.54, 1.807) is 17.0 Å². The molecule has 4 aromatic rings. The first-order valence-electron chi connectivity index (χ1n) is 14.8. The lowest BCUT2D eigenvalue weighted by Gasteiger charge is -2.33. The number of nitrogens with one attached hydrogen (secondary N) is 1. The molecule has 1 N–H and O–H groups in total. The van der Waals surface area contributed by atoms with Crippen molar-refractivity contribution in [3.8, 4) is 11.1 Å². The van der Waals surface area contributed by atoms with E-state index in [1.807, 2.05) is 78.9 Å². The van der Waals surface area contributed by atoms with Crippen LogP contribution in [-0.2, 0) is 27.8 Å². The van der Waals surface area contributed by atoms with E-state index in [4.69, 9.17) is 4.74 Å². The number of carbonyl (C=O) groups excluding carboxylic acids is 1. The summed E-state index contributed by atoms with van der Waals surface area (Å²) in [7, 11) is -3.75. The van der Waals surface area contributed by atoms with Crippen molar-refractivity contribution in [2.45, 2.75) is 49.8 Å². The summed E-state index contributed by atoms with van der Waals surface area (Å²) >= 11 is 0. The number of rotatable bonds is 11. The molecule has 1 saturated heterocycles. The summed E-state index contributed by atoms with van der Waals surface area (Å²) in [5.74, 6) is 0. The molecule has 7 nitrogen and oxygen atoms in total. The van der Waals surface area contributed by atoms with Gasteiger partial charge in [0.1, 0.15) is 6.61 Å². The number of nitrogens with zero attached hydrogens (tertiary/aromatic N) is 2. The van der Waals surface area contributed by atoms with Crippen molar-refractivity contribution in [1.82, 2.24) is 14.5 Å². The molecule has 1 aliphatic rings. The SMILES string of the molecule is C[C@@H](COC(=O)N1CCC(NS(=O)(=O)c2ccccc2-c2ccccc2)CC1)N(Cc1ccccc1)Cc1ccccc1. The minimum Gasteiger partial charge on any atom is -0.448 e. The third-order valence-corrected chi connectivity index (χ3v) is 9.44. The quantitative estimate of drug-likeness (QED) is 0.219. The normalized spacial score (nSPS) is 14.9. The van der Waals surface area contributed by atoms with Gasteiger partial charge in [0.05, 0.1) is 4.90 Å². The molecule has 5 rings (SSSR count). The van der Waals surface area contributed by atoms with Crippen molar-refractivity contribution in [2.24, 2.45) is 0 Å². The molecule has 1 amide bonds. The first-order valence-corrected chi connectivity index (χ1v) is 16.3. The minimum absolute atomic E-state index is 0.00149. The Bertz CT molecular complexity index is 1520. The Balaban J connectivity index is 1.14. The van der Waals surface area contributed by atoms with Crippen molar-refractivity contribution < 1.29 is 17.9 Å². The first-order chi connectivity index (χ1) is 20.9. The van der Waals surface area contributed by atoms with Crippen LogP contribution < -0.4 is 4.72 Å². The molecular formula is C35H39N3O4S. The summed E-state index contributed by atoms with van der Waals surface area (Å²) in [5.41, 5.74) is 3.92. The topological polar surface area (TPSA) is 79.0 Å². The Morgan fingerprint density at radius 2 is 1.33 bits per heavy atom. The van der Waals surface area contributed by atoms with Gasteiger partial charge < -0.3 is 9.64 Å². The highest BCUT2D eigenvalue weighted by Crippen LogP contribution is 2.28. The molecule has 0 aromatic heterocycles. The van der Waals surface area contributed by atoms with E-state index in [2.05, 4.69) is 40.8 Å². The second kappa shape index (κ2) is 14.5. The predicted molar refractivity (Wildman–Crippen MR) is 170 cm³/mol. The average molecular weight is 598 g/mol. The van der Waals surface area contributed by atoms with Gasteiger partial charge in [0.25, 0.3) is 0 Å². The standard InChI is InChI=1S/C35H39N3O4S/c1-28(38(25-29-13-5-2-6-14-29)26-30-15-7-3-8-16-30)27-42-35(39)37-23-21-32(22-24-37)36-43(40,41)34-20-12-11-19-33(34)31-17-9-4-10-18-31/h2-20,28,32,36H,21-27H2,1H3/t28-/m0/s1. The van der Waals surface area contributed by atoms with Crippen molar-refractivity contribution in [1.29, 1.82) is 0 Å². The number of ether oxygens (including phenoxy) is 1. The van der Waals surface area contributed by atoms with Gasteiger partial charge in [-0.25, -0.2) is 17.9 Å². The molecule has 0 bridgehead atoms. The molecule has 8 heteroatoms. The maximum absolute atomic E-state index is 13.4. The van der Waals surface area contributed by atoms with Crippen LogP contribution in [0.15, 0.2) is 120 Å². The zero-order chi connectivity index (χ0) is 30.1. The summed E-state index contributed by atoms with van der Waals surface area (Å²) in [6.07, 6.45) is 0.679. The molecule has 224 valence electrons. The summed E-state index contributed by atoms with van der Waals surface area (Å²) in [5, 5.41) is 0. The van der Waals surface area contributed by atoms with E-state index in [1.165, 1.54) is 11.1 Å². The number of hydrogen-bond donors (Lipinski definition) is 1. The van der Waals surface area contributed by atoms with Crippen LogP contribution in [0.2, 0.25) is 0 Å². The van der Waals surface area contributed by atoms with Gasteiger partial charge in [0.2, 0.25) is 10.0 Å². The Morgan fingerprint density at radius 3 is 1.91 bits per heavy atom. The molecule has 0 unspecified atom stereocenters.